The minimum atomic E-state index is -0.787. The van der Waals surface area contributed by atoms with E-state index in [-0.39, 0.29) is 11.9 Å². The first-order chi connectivity index (χ1) is 9.41. The predicted molar refractivity (Wildman–Crippen MR) is 77.2 cm³/mol. The summed E-state index contributed by atoms with van der Waals surface area (Å²) < 4.78 is 5.23. The molecule has 0 fully saturated rings. The Morgan fingerprint density at radius 1 is 1.20 bits per heavy atom. The molecule has 0 saturated carbocycles. The van der Waals surface area contributed by atoms with Crippen LogP contribution in [0.1, 0.15) is 25.5 Å². The first-order valence-electron chi connectivity index (χ1n) is 6.61. The predicted octanol–water partition coefficient (Wildman–Crippen LogP) is 2.20. The summed E-state index contributed by atoms with van der Waals surface area (Å²) >= 11 is 0. The standard InChI is InChI=1S/C15H22N2O3/c1-11(2)10-20-14(18)13(16-15(19)17(3)4)12-8-6-5-7-9-12/h5-9,11,13H,10H2,1-4H3,(H,16,19). The van der Waals surface area contributed by atoms with E-state index in [1.807, 2.05) is 32.0 Å². The number of hydrogen-bond donors (Lipinski definition) is 1. The van der Waals surface area contributed by atoms with Gasteiger partial charge < -0.3 is 15.0 Å². The van der Waals surface area contributed by atoms with Gasteiger partial charge in [-0.3, -0.25) is 0 Å². The van der Waals surface area contributed by atoms with Gasteiger partial charge in [0, 0.05) is 14.1 Å². The second kappa shape index (κ2) is 7.53. The molecule has 0 aliphatic heterocycles. The Hall–Kier alpha value is -2.04. The lowest BCUT2D eigenvalue weighted by atomic mass is 10.1. The van der Waals surface area contributed by atoms with Gasteiger partial charge in [-0.05, 0) is 11.5 Å². The van der Waals surface area contributed by atoms with Crippen molar-refractivity contribution in [2.45, 2.75) is 19.9 Å². The molecule has 110 valence electrons. The molecule has 2 amide bonds. The summed E-state index contributed by atoms with van der Waals surface area (Å²) in [6.07, 6.45) is 0. The Morgan fingerprint density at radius 3 is 2.30 bits per heavy atom. The maximum absolute atomic E-state index is 12.2. The zero-order valence-electron chi connectivity index (χ0n) is 12.4. The average Bonchev–Trinajstić information content (AvgIpc) is 2.42. The van der Waals surface area contributed by atoms with Crippen molar-refractivity contribution < 1.29 is 14.3 Å². The van der Waals surface area contributed by atoms with Crippen LogP contribution in [0, 0.1) is 5.92 Å². The fourth-order valence-electron chi connectivity index (χ4n) is 1.51. The number of ether oxygens (including phenoxy) is 1. The molecule has 1 rings (SSSR count). The molecule has 1 aromatic rings. The molecule has 0 radical (unpaired) electrons. The van der Waals surface area contributed by atoms with Crippen LogP contribution in [0.2, 0.25) is 0 Å². The summed E-state index contributed by atoms with van der Waals surface area (Å²) in [5.41, 5.74) is 0.705. The van der Waals surface area contributed by atoms with Crippen molar-refractivity contribution in [3.8, 4) is 0 Å². The molecule has 0 heterocycles. The van der Waals surface area contributed by atoms with Gasteiger partial charge in [0.25, 0.3) is 0 Å². The highest BCUT2D eigenvalue weighted by atomic mass is 16.5. The Balaban J connectivity index is 2.84. The number of carbonyl (C=O) groups is 2. The molecule has 0 bridgehead atoms. The van der Waals surface area contributed by atoms with E-state index in [1.54, 1.807) is 26.2 Å². The quantitative estimate of drug-likeness (QED) is 0.840. The van der Waals surface area contributed by atoms with Crippen LogP contribution in [0.4, 0.5) is 4.79 Å². The number of hydrogen-bond acceptors (Lipinski definition) is 3. The third kappa shape index (κ3) is 4.91. The van der Waals surface area contributed by atoms with Crippen LogP contribution < -0.4 is 5.32 Å². The molecule has 0 aliphatic rings. The largest absolute Gasteiger partial charge is 0.464 e. The molecule has 0 saturated heterocycles. The number of nitrogens with zero attached hydrogens (tertiary/aromatic N) is 1. The molecule has 1 atom stereocenters. The molecule has 1 unspecified atom stereocenters. The lowest BCUT2D eigenvalue weighted by molar-refractivity contribution is -0.147. The summed E-state index contributed by atoms with van der Waals surface area (Å²) in [4.78, 5) is 25.3. The van der Waals surface area contributed by atoms with Crippen molar-refractivity contribution in [2.75, 3.05) is 20.7 Å². The van der Waals surface area contributed by atoms with Crippen LogP contribution in [-0.2, 0) is 9.53 Å². The number of rotatable bonds is 5. The molecular weight excluding hydrogens is 256 g/mol. The van der Waals surface area contributed by atoms with Crippen LogP contribution in [0.15, 0.2) is 30.3 Å². The second-order valence-corrected chi connectivity index (χ2v) is 5.21. The van der Waals surface area contributed by atoms with Gasteiger partial charge in [-0.2, -0.15) is 0 Å². The Labute approximate surface area is 119 Å². The zero-order chi connectivity index (χ0) is 15.1. The van der Waals surface area contributed by atoms with Crippen molar-refractivity contribution in [3.63, 3.8) is 0 Å². The lowest BCUT2D eigenvalue weighted by Crippen LogP contribution is -2.41. The van der Waals surface area contributed by atoms with Crippen LogP contribution in [-0.4, -0.2) is 37.6 Å². The number of amides is 2. The lowest BCUT2D eigenvalue weighted by Gasteiger charge is -2.21. The van der Waals surface area contributed by atoms with E-state index in [4.69, 9.17) is 4.74 Å². The molecule has 1 aromatic carbocycles. The number of esters is 1. The summed E-state index contributed by atoms with van der Waals surface area (Å²) in [5, 5.41) is 2.67. The van der Waals surface area contributed by atoms with E-state index in [2.05, 4.69) is 5.32 Å². The minimum Gasteiger partial charge on any atom is -0.464 e. The summed E-state index contributed by atoms with van der Waals surface area (Å²) in [7, 11) is 3.24. The Kier molecular flexibility index (Phi) is 6.03. The van der Waals surface area contributed by atoms with Gasteiger partial charge in [0.2, 0.25) is 0 Å². The number of nitrogens with one attached hydrogen (secondary N) is 1. The normalized spacial score (nSPS) is 11.8. The van der Waals surface area contributed by atoms with Crippen molar-refractivity contribution in [1.29, 1.82) is 0 Å². The fourth-order valence-corrected chi connectivity index (χ4v) is 1.51. The van der Waals surface area contributed by atoms with Gasteiger partial charge in [0.15, 0.2) is 6.04 Å². The van der Waals surface area contributed by atoms with Gasteiger partial charge >= 0.3 is 12.0 Å². The maximum Gasteiger partial charge on any atom is 0.333 e. The first kappa shape index (κ1) is 16.0. The van der Waals surface area contributed by atoms with E-state index < -0.39 is 12.0 Å². The highest BCUT2D eigenvalue weighted by Crippen LogP contribution is 2.15. The average molecular weight is 278 g/mol. The third-order valence-electron chi connectivity index (χ3n) is 2.60. The minimum absolute atomic E-state index is 0.250. The molecule has 20 heavy (non-hydrogen) atoms. The van der Waals surface area contributed by atoms with Gasteiger partial charge in [0.1, 0.15) is 0 Å². The molecule has 0 spiro atoms. The Bertz CT molecular complexity index is 444. The van der Waals surface area contributed by atoms with Crippen molar-refractivity contribution in [1.82, 2.24) is 10.2 Å². The Morgan fingerprint density at radius 2 is 1.80 bits per heavy atom. The number of urea groups is 1. The molecule has 5 heteroatoms. The smallest absolute Gasteiger partial charge is 0.333 e. The van der Waals surface area contributed by atoms with Crippen LogP contribution in [0.5, 0.6) is 0 Å². The van der Waals surface area contributed by atoms with Crippen molar-refractivity contribution in [2.24, 2.45) is 5.92 Å². The number of carbonyl (C=O) groups excluding carboxylic acids is 2. The second-order valence-electron chi connectivity index (χ2n) is 5.21. The highest BCUT2D eigenvalue weighted by molar-refractivity contribution is 5.84. The van der Waals surface area contributed by atoms with Crippen LogP contribution in [0.25, 0.3) is 0 Å². The summed E-state index contributed by atoms with van der Waals surface area (Å²) in [5.74, 6) is -0.194. The molecule has 1 N–H and O–H groups in total. The first-order valence-corrected chi connectivity index (χ1v) is 6.61. The third-order valence-corrected chi connectivity index (χ3v) is 2.60. The van der Waals surface area contributed by atoms with Crippen LogP contribution in [0.3, 0.4) is 0 Å². The zero-order valence-corrected chi connectivity index (χ0v) is 12.4. The van der Waals surface area contributed by atoms with Gasteiger partial charge in [-0.15, -0.1) is 0 Å². The molecule has 0 aliphatic carbocycles. The van der Waals surface area contributed by atoms with E-state index in [0.717, 1.165) is 0 Å². The van der Waals surface area contributed by atoms with E-state index in [9.17, 15) is 9.59 Å². The van der Waals surface area contributed by atoms with Gasteiger partial charge in [-0.1, -0.05) is 44.2 Å². The van der Waals surface area contributed by atoms with Gasteiger partial charge in [-0.25, -0.2) is 9.59 Å². The number of benzene rings is 1. The maximum atomic E-state index is 12.2. The van der Waals surface area contributed by atoms with Crippen molar-refractivity contribution >= 4 is 12.0 Å². The monoisotopic (exact) mass is 278 g/mol. The topological polar surface area (TPSA) is 58.6 Å². The van der Waals surface area contributed by atoms with Gasteiger partial charge in [0.05, 0.1) is 6.61 Å². The summed E-state index contributed by atoms with van der Waals surface area (Å²) in [6.45, 7) is 4.26. The van der Waals surface area contributed by atoms with Crippen molar-refractivity contribution in [3.05, 3.63) is 35.9 Å². The molecule has 0 aromatic heterocycles. The van der Waals surface area contributed by atoms with E-state index in [1.165, 1.54) is 4.90 Å². The summed E-state index contributed by atoms with van der Waals surface area (Å²) in [6, 6.07) is 7.95. The van der Waals surface area contributed by atoms with E-state index >= 15 is 0 Å². The fraction of sp³-hybridized carbons (Fsp3) is 0.467. The molecule has 5 nitrogen and oxygen atoms in total. The highest BCUT2D eigenvalue weighted by Gasteiger charge is 2.24. The van der Waals surface area contributed by atoms with E-state index in [0.29, 0.717) is 12.2 Å². The van der Waals surface area contributed by atoms with Crippen LogP contribution >= 0.6 is 0 Å². The SMILES string of the molecule is CC(C)COC(=O)C(NC(=O)N(C)C)c1ccccc1. The molecular formula is C15H22N2O3.